The summed E-state index contributed by atoms with van der Waals surface area (Å²) in [6.07, 6.45) is 36.9. The fraction of sp³-hybridized carbons (Fsp3) is 0.604. The van der Waals surface area contributed by atoms with Crippen LogP contribution in [-0.2, 0) is 25.7 Å². The highest BCUT2D eigenvalue weighted by molar-refractivity contribution is 6.47. The van der Waals surface area contributed by atoms with Gasteiger partial charge in [-0.1, -0.05) is 83.3 Å². The summed E-state index contributed by atoms with van der Waals surface area (Å²) < 4.78 is 0. The number of nitrogens with one attached hydrogen (secondary N) is 3. The molecule has 4 aromatic heterocycles. The summed E-state index contributed by atoms with van der Waals surface area (Å²) in [4.78, 5) is 31.1. The fourth-order valence-corrected chi connectivity index (χ4v) is 9.42. The molecule has 0 bridgehead atoms. The highest BCUT2D eigenvalue weighted by Gasteiger charge is 2.23. The first-order valence-corrected chi connectivity index (χ1v) is 24.8. The fourth-order valence-electron chi connectivity index (χ4n) is 9.06. The van der Waals surface area contributed by atoms with E-state index in [0.29, 0.717) is 23.4 Å². The Hall–Kier alpha value is -3.91. The summed E-state index contributed by atoms with van der Waals surface area (Å²) in [7, 11) is -1.28. The van der Waals surface area contributed by atoms with Gasteiger partial charge >= 0.3 is 7.12 Å². The maximum Gasteiger partial charge on any atom is 0.480 e. The van der Waals surface area contributed by atoms with Gasteiger partial charge in [-0.15, -0.1) is 0 Å². The molecule has 9 rings (SSSR count). The molecule has 340 valence electrons. The lowest BCUT2D eigenvalue weighted by Gasteiger charge is -2.21. The molecular formula is C48H69BCl2N10O2. The number of hydrogen-bond donors (Lipinski definition) is 5. The second kappa shape index (κ2) is 26.2. The van der Waals surface area contributed by atoms with Crippen molar-refractivity contribution in [1.82, 2.24) is 34.9 Å². The summed E-state index contributed by atoms with van der Waals surface area (Å²) in [6.45, 7) is 4.24. The zero-order chi connectivity index (χ0) is 44.2. The topological polar surface area (TPSA) is 167 Å². The Bertz CT molecular complexity index is 2070. The Labute approximate surface area is 385 Å². The maximum atomic E-state index is 8.25. The molecule has 12 nitrogen and oxygen atoms in total. The minimum absolute atomic E-state index is 0.269. The number of aryl methyl sites for hydroxylation is 2. The van der Waals surface area contributed by atoms with Crippen LogP contribution in [0.4, 0.5) is 17.5 Å². The van der Waals surface area contributed by atoms with Crippen molar-refractivity contribution < 1.29 is 10.0 Å². The zero-order valence-electron chi connectivity index (χ0n) is 37.6. The second-order valence-corrected chi connectivity index (χ2v) is 18.1. The second-order valence-electron chi connectivity index (χ2n) is 17.4. The van der Waals surface area contributed by atoms with Gasteiger partial charge in [0, 0.05) is 41.1 Å². The van der Waals surface area contributed by atoms with Crippen molar-refractivity contribution in [3.63, 3.8) is 0 Å². The summed E-state index contributed by atoms with van der Waals surface area (Å²) in [5.74, 6) is 5.15. The SMILES string of the molecule is CCC/C=C/B(O)O.CCC/C=C/c1nc2c(c(NC3CCCC3)n1)CCCC2.Clc1nc(NC2CCCC2)c2ncccc2n1.Clc1nc2c(c(NC3CCCC3)n1)CCCC2. The molecule has 5 aliphatic rings. The number of fused-ring (bicyclic) bond motifs is 3. The van der Waals surface area contributed by atoms with Gasteiger partial charge in [-0.3, -0.25) is 4.98 Å². The molecule has 4 aromatic rings. The normalized spacial score (nSPS) is 17.6. The van der Waals surface area contributed by atoms with Crippen LogP contribution >= 0.6 is 23.2 Å². The van der Waals surface area contributed by atoms with Crippen LogP contribution in [0.3, 0.4) is 0 Å². The smallest absolute Gasteiger partial charge is 0.424 e. The first kappa shape index (κ1) is 48.5. The third kappa shape index (κ3) is 15.6. The standard InChI is InChI=1S/C18H27N3.C13H18ClN3.C12H13ClN4.C5H11BO2/c1-2-3-4-13-17-20-16-12-8-7-11-15(16)18(21-17)19-14-9-5-6-10-14;14-13-16-11-8-4-3-7-10(11)12(17-13)15-9-5-1-2-6-9;13-12-16-9-6-3-7-14-10(9)11(17-12)15-8-4-1-2-5-8;1-2-3-4-5-6(7)8/h4,13-14H,2-3,5-12H2,1H3,(H,19,20,21);9H,1-8H2,(H,15,16,17);3,6-8H,1-2,4-5H2,(H,15,16,17);4-5,7-8H,2-3H2,1H3/b13-4+;;;5-4+. The lowest BCUT2D eigenvalue weighted by molar-refractivity contribution is 0.424. The van der Waals surface area contributed by atoms with Gasteiger partial charge in [0.05, 0.1) is 11.2 Å². The highest BCUT2D eigenvalue weighted by Crippen LogP contribution is 2.31. The van der Waals surface area contributed by atoms with E-state index in [2.05, 4.69) is 59.9 Å². The lowest BCUT2D eigenvalue weighted by Crippen LogP contribution is -2.20. The molecule has 4 heterocycles. The molecule has 3 saturated carbocycles. The number of unbranched alkanes of at least 4 members (excludes halogenated alkanes) is 2. The largest absolute Gasteiger partial charge is 0.480 e. The van der Waals surface area contributed by atoms with Gasteiger partial charge in [-0.05, 0) is 144 Å². The summed E-state index contributed by atoms with van der Waals surface area (Å²) in [6, 6.07) is 5.46. The minimum atomic E-state index is -1.28. The first-order chi connectivity index (χ1) is 30.8. The summed E-state index contributed by atoms with van der Waals surface area (Å²) >= 11 is 11.9. The van der Waals surface area contributed by atoms with Crippen molar-refractivity contribution >= 4 is 64.9 Å². The van der Waals surface area contributed by atoms with Gasteiger partial charge in [0.2, 0.25) is 10.6 Å². The van der Waals surface area contributed by atoms with Crippen LogP contribution in [-0.4, -0.2) is 70.2 Å². The number of nitrogens with zero attached hydrogens (tertiary/aromatic N) is 7. The maximum absolute atomic E-state index is 8.25. The Balaban J connectivity index is 0.000000146. The average Bonchev–Trinajstić information content (AvgIpc) is 4.11. The van der Waals surface area contributed by atoms with Gasteiger partial charge in [-0.2, -0.15) is 4.98 Å². The predicted octanol–water partition coefficient (Wildman–Crippen LogP) is 11.3. The molecule has 0 aliphatic heterocycles. The van der Waals surface area contributed by atoms with E-state index in [1.54, 1.807) is 12.3 Å². The van der Waals surface area contributed by atoms with Gasteiger partial charge in [0.25, 0.3) is 0 Å². The van der Waals surface area contributed by atoms with Crippen molar-refractivity contribution in [3.05, 3.63) is 75.4 Å². The molecule has 0 aromatic carbocycles. The van der Waals surface area contributed by atoms with E-state index in [1.807, 2.05) is 19.1 Å². The van der Waals surface area contributed by atoms with Gasteiger partial charge in [-0.25, -0.2) is 24.9 Å². The first-order valence-electron chi connectivity index (χ1n) is 24.0. The number of anilines is 3. The molecule has 0 atom stereocenters. The summed E-state index contributed by atoms with van der Waals surface area (Å²) in [5.41, 5.74) is 6.73. The van der Waals surface area contributed by atoms with E-state index in [0.717, 1.165) is 85.0 Å². The molecule has 15 heteroatoms. The van der Waals surface area contributed by atoms with Crippen LogP contribution in [0.25, 0.3) is 17.1 Å². The number of pyridine rings is 1. The number of hydrogen-bond acceptors (Lipinski definition) is 12. The quantitative estimate of drug-likeness (QED) is 0.0675. The molecule has 0 saturated heterocycles. The van der Waals surface area contributed by atoms with Crippen LogP contribution in [0.2, 0.25) is 10.6 Å². The van der Waals surface area contributed by atoms with E-state index in [4.69, 9.17) is 43.2 Å². The predicted molar refractivity (Wildman–Crippen MR) is 261 cm³/mol. The highest BCUT2D eigenvalue weighted by atomic mass is 35.5. The Morgan fingerprint density at radius 2 is 1.10 bits per heavy atom. The van der Waals surface area contributed by atoms with Crippen LogP contribution in [0.5, 0.6) is 0 Å². The molecule has 3 fully saturated rings. The summed E-state index contributed by atoms with van der Waals surface area (Å²) in [5, 5.41) is 27.9. The minimum Gasteiger partial charge on any atom is -0.424 e. The molecule has 63 heavy (non-hydrogen) atoms. The van der Waals surface area contributed by atoms with Crippen LogP contribution in [0.1, 0.15) is 171 Å². The molecule has 0 radical (unpaired) electrons. The third-order valence-corrected chi connectivity index (χ3v) is 12.7. The Morgan fingerprint density at radius 3 is 1.67 bits per heavy atom. The number of rotatable bonds is 12. The third-order valence-electron chi connectivity index (χ3n) is 12.4. The van der Waals surface area contributed by atoms with Crippen LogP contribution < -0.4 is 16.0 Å². The average molecular weight is 900 g/mol. The molecule has 5 aliphatic carbocycles. The lowest BCUT2D eigenvalue weighted by atomic mass is 9.91. The van der Waals surface area contributed by atoms with Crippen LogP contribution in [0.15, 0.2) is 36.5 Å². The van der Waals surface area contributed by atoms with Crippen molar-refractivity contribution in [3.8, 4) is 0 Å². The van der Waals surface area contributed by atoms with E-state index in [-0.39, 0.29) is 5.28 Å². The number of aromatic nitrogens is 7. The van der Waals surface area contributed by atoms with E-state index >= 15 is 0 Å². The molecule has 0 spiro atoms. The van der Waals surface area contributed by atoms with Gasteiger partial charge in [0.15, 0.2) is 11.6 Å². The van der Waals surface area contributed by atoms with Gasteiger partial charge in [0.1, 0.15) is 17.2 Å². The molecule has 0 unspecified atom stereocenters. The van der Waals surface area contributed by atoms with Crippen molar-refractivity contribution in [2.45, 2.75) is 186 Å². The van der Waals surface area contributed by atoms with E-state index in [1.165, 1.54) is 132 Å². The molecule has 0 amide bonds. The molecular weight excluding hydrogens is 830 g/mol. The van der Waals surface area contributed by atoms with Crippen molar-refractivity contribution in [1.29, 1.82) is 0 Å². The zero-order valence-corrected chi connectivity index (χ0v) is 39.1. The molecule has 5 N–H and O–H groups in total. The van der Waals surface area contributed by atoms with Gasteiger partial charge < -0.3 is 26.0 Å². The van der Waals surface area contributed by atoms with Crippen molar-refractivity contribution in [2.75, 3.05) is 16.0 Å². The monoisotopic (exact) mass is 899 g/mol. The number of allylic oxidation sites excluding steroid dienone is 2. The Kier molecular flexibility index (Phi) is 20.2. The van der Waals surface area contributed by atoms with Crippen molar-refractivity contribution in [2.24, 2.45) is 0 Å². The Morgan fingerprint density at radius 1 is 0.603 bits per heavy atom. The van der Waals surface area contributed by atoms with E-state index in [9.17, 15) is 0 Å². The van der Waals surface area contributed by atoms with E-state index < -0.39 is 7.12 Å². The van der Waals surface area contributed by atoms with Crippen LogP contribution in [0, 0.1) is 0 Å². The number of halogens is 2.